The number of unbranched alkanes of at least 4 members (excludes halogenated alkanes) is 1. The lowest BCUT2D eigenvalue weighted by Crippen LogP contribution is -2.65. The minimum Gasteiger partial charge on any atom is -0.277 e. The average molecular weight is 266 g/mol. The molecule has 106 valence electrons. The maximum absolute atomic E-state index is 12.3. The summed E-state index contributed by atoms with van der Waals surface area (Å²) in [6, 6.07) is -0.697. The minimum absolute atomic E-state index is 0.0258. The van der Waals surface area contributed by atoms with Gasteiger partial charge in [0.25, 0.3) is 0 Å². The van der Waals surface area contributed by atoms with Crippen molar-refractivity contribution in [1.29, 1.82) is 0 Å². The number of carbonyl (C=O) groups excluding carboxylic acids is 3. The Morgan fingerprint density at radius 3 is 2.26 bits per heavy atom. The van der Waals surface area contributed by atoms with Crippen molar-refractivity contribution < 1.29 is 14.4 Å². The molecule has 3 unspecified atom stereocenters. The topological polar surface area (TPSA) is 75.3 Å². The Balaban J connectivity index is 2.29. The maximum atomic E-state index is 12.3. The highest BCUT2D eigenvalue weighted by molar-refractivity contribution is 6.19. The lowest BCUT2D eigenvalue weighted by Gasteiger charge is -2.37. The van der Waals surface area contributed by atoms with E-state index in [0.717, 1.165) is 25.7 Å². The SMILES string of the molecule is CCCCC1CC(C)C2(C(=O)NC(=O)NC2=O)C1C. The van der Waals surface area contributed by atoms with Crippen LogP contribution in [0.5, 0.6) is 0 Å². The lowest BCUT2D eigenvalue weighted by atomic mass is 9.69. The molecule has 2 N–H and O–H groups in total. The quantitative estimate of drug-likeness (QED) is 0.765. The van der Waals surface area contributed by atoms with Crippen molar-refractivity contribution in [2.24, 2.45) is 23.2 Å². The van der Waals surface area contributed by atoms with E-state index in [1.807, 2.05) is 13.8 Å². The number of carbonyl (C=O) groups is 3. The van der Waals surface area contributed by atoms with Gasteiger partial charge in [-0.25, -0.2) is 4.79 Å². The van der Waals surface area contributed by atoms with Gasteiger partial charge in [0.2, 0.25) is 11.8 Å². The zero-order valence-corrected chi connectivity index (χ0v) is 11.8. The molecule has 0 bridgehead atoms. The van der Waals surface area contributed by atoms with Crippen LogP contribution < -0.4 is 10.6 Å². The van der Waals surface area contributed by atoms with Crippen LogP contribution >= 0.6 is 0 Å². The van der Waals surface area contributed by atoms with Gasteiger partial charge in [-0.2, -0.15) is 0 Å². The summed E-state index contributed by atoms with van der Waals surface area (Å²) in [4.78, 5) is 35.8. The number of urea groups is 1. The molecule has 2 fully saturated rings. The third kappa shape index (κ3) is 1.95. The van der Waals surface area contributed by atoms with Crippen molar-refractivity contribution in [3.8, 4) is 0 Å². The summed E-state index contributed by atoms with van der Waals surface area (Å²) in [6.45, 7) is 6.05. The third-order valence-electron chi connectivity index (χ3n) is 4.99. The van der Waals surface area contributed by atoms with Gasteiger partial charge in [0.1, 0.15) is 5.41 Å². The van der Waals surface area contributed by atoms with Crippen LogP contribution in [0.2, 0.25) is 0 Å². The van der Waals surface area contributed by atoms with Gasteiger partial charge in [-0.15, -0.1) is 0 Å². The Morgan fingerprint density at radius 1 is 1.16 bits per heavy atom. The van der Waals surface area contributed by atoms with Crippen LogP contribution in [0.25, 0.3) is 0 Å². The molecule has 5 nitrogen and oxygen atoms in total. The summed E-state index contributed by atoms with van der Waals surface area (Å²) in [7, 11) is 0. The van der Waals surface area contributed by atoms with Crippen LogP contribution in [-0.2, 0) is 9.59 Å². The van der Waals surface area contributed by atoms with E-state index >= 15 is 0 Å². The van der Waals surface area contributed by atoms with Gasteiger partial charge in [0.15, 0.2) is 0 Å². The first-order valence-electron chi connectivity index (χ1n) is 7.11. The maximum Gasteiger partial charge on any atom is 0.328 e. The summed E-state index contributed by atoms with van der Waals surface area (Å²) in [6.07, 6.45) is 4.13. The monoisotopic (exact) mass is 266 g/mol. The highest BCUT2D eigenvalue weighted by atomic mass is 16.2. The van der Waals surface area contributed by atoms with Crippen molar-refractivity contribution in [3.05, 3.63) is 0 Å². The van der Waals surface area contributed by atoms with E-state index in [4.69, 9.17) is 0 Å². The molecule has 5 heteroatoms. The first-order valence-corrected chi connectivity index (χ1v) is 7.11. The van der Waals surface area contributed by atoms with Gasteiger partial charge in [-0.05, 0) is 24.2 Å². The predicted octanol–water partition coefficient (Wildman–Crippen LogP) is 1.82. The second kappa shape index (κ2) is 4.94. The first kappa shape index (κ1) is 14.0. The molecule has 3 atom stereocenters. The largest absolute Gasteiger partial charge is 0.328 e. The summed E-state index contributed by atoms with van der Waals surface area (Å²) in [5, 5.41) is 4.54. The van der Waals surface area contributed by atoms with Crippen LogP contribution in [0.4, 0.5) is 4.79 Å². The Kier molecular flexibility index (Phi) is 3.65. The van der Waals surface area contributed by atoms with Crippen LogP contribution in [0.15, 0.2) is 0 Å². The Hall–Kier alpha value is -1.39. The van der Waals surface area contributed by atoms with Crippen molar-refractivity contribution in [2.45, 2.75) is 46.5 Å². The fourth-order valence-electron chi connectivity index (χ4n) is 3.91. The van der Waals surface area contributed by atoms with Gasteiger partial charge in [-0.3, -0.25) is 20.2 Å². The third-order valence-corrected chi connectivity index (χ3v) is 4.99. The molecule has 4 amide bonds. The molecule has 0 aromatic carbocycles. The molecule has 1 heterocycles. The van der Waals surface area contributed by atoms with E-state index in [1.54, 1.807) is 0 Å². The van der Waals surface area contributed by atoms with Crippen LogP contribution in [0.3, 0.4) is 0 Å². The Labute approximate surface area is 113 Å². The molecule has 0 aromatic rings. The van der Waals surface area contributed by atoms with E-state index < -0.39 is 23.3 Å². The zero-order valence-electron chi connectivity index (χ0n) is 11.8. The molecule has 1 aliphatic heterocycles. The number of barbiturate groups is 1. The minimum atomic E-state index is -1.06. The first-order chi connectivity index (χ1) is 8.94. The molecule has 1 saturated heterocycles. The fourth-order valence-corrected chi connectivity index (χ4v) is 3.91. The molecule has 2 aliphatic rings. The molecular weight excluding hydrogens is 244 g/mol. The van der Waals surface area contributed by atoms with E-state index in [1.165, 1.54) is 0 Å². The Bertz CT molecular complexity index is 399. The van der Waals surface area contributed by atoms with E-state index in [2.05, 4.69) is 17.6 Å². The summed E-state index contributed by atoms with van der Waals surface area (Å²) in [5.41, 5.74) is -1.06. The van der Waals surface area contributed by atoms with Gasteiger partial charge < -0.3 is 0 Å². The van der Waals surface area contributed by atoms with Crippen molar-refractivity contribution in [3.63, 3.8) is 0 Å². The number of imide groups is 2. The summed E-state index contributed by atoms with van der Waals surface area (Å²) >= 11 is 0. The van der Waals surface area contributed by atoms with E-state index in [-0.39, 0.29) is 11.8 Å². The number of hydrogen-bond acceptors (Lipinski definition) is 3. The molecule has 1 aliphatic carbocycles. The second-order valence-corrected chi connectivity index (χ2v) is 5.93. The van der Waals surface area contributed by atoms with Crippen molar-refractivity contribution >= 4 is 17.8 Å². The molecule has 19 heavy (non-hydrogen) atoms. The number of hydrogen-bond donors (Lipinski definition) is 2. The smallest absolute Gasteiger partial charge is 0.277 e. The Morgan fingerprint density at radius 2 is 1.74 bits per heavy atom. The normalized spacial score (nSPS) is 33.4. The highest BCUT2D eigenvalue weighted by Gasteiger charge is 2.62. The summed E-state index contributed by atoms with van der Waals surface area (Å²) < 4.78 is 0. The molecule has 1 saturated carbocycles. The van der Waals surface area contributed by atoms with Crippen LogP contribution in [-0.4, -0.2) is 17.8 Å². The number of nitrogens with one attached hydrogen (secondary N) is 2. The fraction of sp³-hybridized carbons (Fsp3) is 0.786. The standard InChI is InChI=1S/C14H22N2O3/c1-4-5-6-10-7-8(2)14(9(10)3)11(17)15-13(19)16-12(14)18/h8-10H,4-7H2,1-3H3,(H2,15,16,17,18,19). The zero-order chi connectivity index (χ0) is 14.2. The number of amides is 4. The van der Waals surface area contributed by atoms with Gasteiger partial charge >= 0.3 is 6.03 Å². The van der Waals surface area contributed by atoms with Crippen molar-refractivity contribution in [1.82, 2.24) is 10.6 Å². The molecule has 2 rings (SSSR count). The van der Waals surface area contributed by atoms with E-state index in [9.17, 15) is 14.4 Å². The van der Waals surface area contributed by atoms with Gasteiger partial charge in [0, 0.05) is 0 Å². The average Bonchev–Trinajstić information content (AvgIpc) is 2.57. The molecule has 0 aromatic heterocycles. The van der Waals surface area contributed by atoms with Crippen molar-refractivity contribution in [2.75, 3.05) is 0 Å². The molecule has 1 spiro atoms. The summed E-state index contributed by atoms with van der Waals surface area (Å²) in [5.74, 6) is -0.514. The molecular formula is C14H22N2O3. The second-order valence-electron chi connectivity index (χ2n) is 5.93. The number of rotatable bonds is 3. The predicted molar refractivity (Wildman–Crippen MR) is 70.1 cm³/mol. The van der Waals surface area contributed by atoms with Crippen LogP contribution in [0, 0.1) is 23.2 Å². The van der Waals surface area contributed by atoms with Crippen LogP contribution in [0.1, 0.15) is 46.5 Å². The highest BCUT2D eigenvalue weighted by Crippen LogP contribution is 2.53. The van der Waals surface area contributed by atoms with E-state index in [0.29, 0.717) is 5.92 Å². The van der Waals surface area contributed by atoms with Gasteiger partial charge in [-0.1, -0.05) is 40.0 Å². The lowest BCUT2D eigenvalue weighted by molar-refractivity contribution is -0.149. The molecule has 0 radical (unpaired) electrons. The van der Waals surface area contributed by atoms with Gasteiger partial charge in [0.05, 0.1) is 0 Å².